The minimum absolute atomic E-state index is 0.131. The van der Waals surface area contributed by atoms with E-state index in [2.05, 4.69) is 38.5 Å². The Balaban J connectivity index is 2.43. The zero-order valence-electron chi connectivity index (χ0n) is 11.3. The highest BCUT2D eigenvalue weighted by Crippen LogP contribution is 2.17. The lowest BCUT2D eigenvalue weighted by molar-refractivity contribution is 0.0942. The molecule has 0 unspecified atom stereocenters. The highest BCUT2D eigenvalue weighted by atomic mass is 79.9. The highest BCUT2D eigenvalue weighted by Gasteiger charge is 2.11. The van der Waals surface area contributed by atoms with E-state index in [0.717, 1.165) is 23.9 Å². The molecule has 0 radical (unpaired) electrons. The minimum Gasteiger partial charge on any atom is -0.381 e. The molecule has 0 aliphatic heterocycles. The van der Waals surface area contributed by atoms with Crippen LogP contribution in [0.2, 0.25) is 0 Å². The second kappa shape index (κ2) is 8.87. The number of anilines is 1. The van der Waals surface area contributed by atoms with Crippen molar-refractivity contribution in [3.8, 4) is 0 Å². The highest BCUT2D eigenvalue weighted by molar-refractivity contribution is 9.10. The predicted molar refractivity (Wildman–Crippen MR) is 79.5 cm³/mol. The third kappa shape index (κ3) is 5.57. The minimum atomic E-state index is -0.131. The quantitative estimate of drug-likeness (QED) is 0.719. The zero-order valence-corrected chi connectivity index (χ0v) is 12.9. The van der Waals surface area contributed by atoms with Gasteiger partial charge in [0.2, 0.25) is 0 Å². The average Bonchev–Trinajstić information content (AvgIpc) is 2.42. The number of carbonyl (C=O) groups excluding carboxylic acids is 1. The number of pyridine rings is 1. The molecule has 0 aliphatic rings. The van der Waals surface area contributed by atoms with Crippen LogP contribution >= 0.6 is 15.9 Å². The summed E-state index contributed by atoms with van der Waals surface area (Å²) in [5, 5.41) is 5.76. The lowest BCUT2D eigenvalue weighted by Gasteiger charge is -2.09. The Bertz CT molecular complexity index is 413. The molecule has 6 heteroatoms. The standard InChI is InChI=1S/C13H20BrN3O2/c1-3-6-19-7-4-5-16-13(18)11-8-10(14)9-17-12(11)15-2/h8-9H,3-7H2,1-2H3,(H,15,17)(H,16,18). The summed E-state index contributed by atoms with van der Waals surface area (Å²) < 4.78 is 6.13. The van der Waals surface area contributed by atoms with Gasteiger partial charge in [0.25, 0.3) is 5.91 Å². The average molecular weight is 330 g/mol. The van der Waals surface area contributed by atoms with E-state index in [4.69, 9.17) is 4.74 Å². The Hall–Kier alpha value is -1.14. The lowest BCUT2D eigenvalue weighted by atomic mass is 10.2. The van der Waals surface area contributed by atoms with Crippen LogP contribution in [0.25, 0.3) is 0 Å². The van der Waals surface area contributed by atoms with Gasteiger partial charge in [-0.25, -0.2) is 4.98 Å². The van der Waals surface area contributed by atoms with E-state index in [1.165, 1.54) is 0 Å². The molecule has 0 aromatic carbocycles. The third-order valence-corrected chi connectivity index (χ3v) is 2.87. The predicted octanol–water partition coefficient (Wildman–Crippen LogP) is 2.43. The van der Waals surface area contributed by atoms with Gasteiger partial charge in [-0.2, -0.15) is 0 Å². The van der Waals surface area contributed by atoms with E-state index in [1.54, 1.807) is 19.3 Å². The van der Waals surface area contributed by atoms with Crippen molar-refractivity contribution in [3.05, 3.63) is 22.3 Å². The number of carbonyl (C=O) groups is 1. The van der Waals surface area contributed by atoms with Gasteiger partial charge in [-0.05, 0) is 34.8 Å². The van der Waals surface area contributed by atoms with Crippen molar-refractivity contribution in [2.75, 3.05) is 32.1 Å². The molecular formula is C13H20BrN3O2. The Morgan fingerprint density at radius 3 is 2.95 bits per heavy atom. The van der Waals surface area contributed by atoms with Gasteiger partial charge in [0.1, 0.15) is 5.82 Å². The Morgan fingerprint density at radius 1 is 1.47 bits per heavy atom. The van der Waals surface area contributed by atoms with Crippen molar-refractivity contribution in [2.24, 2.45) is 0 Å². The fraction of sp³-hybridized carbons (Fsp3) is 0.538. The van der Waals surface area contributed by atoms with Crippen LogP contribution in [-0.2, 0) is 4.74 Å². The number of nitrogens with one attached hydrogen (secondary N) is 2. The van der Waals surface area contributed by atoms with Crippen LogP contribution in [0.5, 0.6) is 0 Å². The number of nitrogens with zero attached hydrogens (tertiary/aromatic N) is 1. The first-order chi connectivity index (χ1) is 9.19. The summed E-state index contributed by atoms with van der Waals surface area (Å²) >= 11 is 3.31. The van der Waals surface area contributed by atoms with Gasteiger partial charge < -0.3 is 15.4 Å². The maximum Gasteiger partial charge on any atom is 0.255 e. The van der Waals surface area contributed by atoms with Crippen LogP contribution in [0.3, 0.4) is 0 Å². The van der Waals surface area contributed by atoms with Crippen molar-refractivity contribution in [1.82, 2.24) is 10.3 Å². The summed E-state index contributed by atoms with van der Waals surface area (Å²) in [6.45, 7) is 4.11. The molecule has 0 bridgehead atoms. The first-order valence-corrected chi connectivity index (χ1v) is 7.17. The number of amides is 1. The monoisotopic (exact) mass is 329 g/mol. The fourth-order valence-corrected chi connectivity index (χ4v) is 1.86. The first kappa shape index (κ1) is 15.9. The number of hydrogen-bond acceptors (Lipinski definition) is 4. The van der Waals surface area contributed by atoms with Crippen molar-refractivity contribution in [3.63, 3.8) is 0 Å². The number of hydrogen-bond donors (Lipinski definition) is 2. The zero-order chi connectivity index (χ0) is 14.1. The number of rotatable bonds is 8. The molecule has 0 aliphatic carbocycles. The molecule has 1 rings (SSSR count). The molecule has 1 heterocycles. The molecule has 0 saturated carbocycles. The van der Waals surface area contributed by atoms with Gasteiger partial charge in [0, 0.05) is 37.5 Å². The Kier molecular flexibility index (Phi) is 7.43. The van der Waals surface area contributed by atoms with Gasteiger partial charge >= 0.3 is 0 Å². The lowest BCUT2D eigenvalue weighted by Crippen LogP contribution is -2.26. The van der Waals surface area contributed by atoms with Crippen molar-refractivity contribution < 1.29 is 9.53 Å². The largest absolute Gasteiger partial charge is 0.381 e. The van der Waals surface area contributed by atoms with E-state index < -0.39 is 0 Å². The maximum absolute atomic E-state index is 12.0. The van der Waals surface area contributed by atoms with Gasteiger partial charge in [-0.15, -0.1) is 0 Å². The van der Waals surface area contributed by atoms with E-state index >= 15 is 0 Å². The van der Waals surface area contributed by atoms with Crippen LogP contribution in [0.4, 0.5) is 5.82 Å². The molecule has 1 amide bonds. The van der Waals surface area contributed by atoms with Crippen molar-refractivity contribution >= 4 is 27.7 Å². The Morgan fingerprint density at radius 2 is 2.26 bits per heavy atom. The molecule has 106 valence electrons. The molecule has 5 nitrogen and oxygen atoms in total. The van der Waals surface area contributed by atoms with Gasteiger partial charge in [-0.1, -0.05) is 6.92 Å². The van der Waals surface area contributed by atoms with E-state index in [1.807, 2.05) is 0 Å². The van der Waals surface area contributed by atoms with Gasteiger partial charge in [-0.3, -0.25) is 4.79 Å². The smallest absolute Gasteiger partial charge is 0.255 e. The Labute approximate surface area is 122 Å². The molecule has 0 saturated heterocycles. The van der Waals surface area contributed by atoms with Crippen molar-refractivity contribution in [2.45, 2.75) is 19.8 Å². The SMILES string of the molecule is CCCOCCCNC(=O)c1cc(Br)cnc1NC. The molecule has 0 fully saturated rings. The third-order valence-electron chi connectivity index (χ3n) is 2.44. The summed E-state index contributed by atoms with van der Waals surface area (Å²) in [5.74, 6) is 0.441. The molecular weight excluding hydrogens is 310 g/mol. The summed E-state index contributed by atoms with van der Waals surface area (Å²) in [7, 11) is 1.74. The second-order valence-electron chi connectivity index (χ2n) is 4.02. The first-order valence-electron chi connectivity index (χ1n) is 6.38. The second-order valence-corrected chi connectivity index (χ2v) is 4.94. The van der Waals surface area contributed by atoms with Crippen molar-refractivity contribution in [1.29, 1.82) is 0 Å². The van der Waals surface area contributed by atoms with Crippen LogP contribution in [0.15, 0.2) is 16.7 Å². The van der Waals surface area contributed by atoms with E-state index in [0.29, 0.717) is 24.5 Å². The molecule has 1 aromatic rings. The molecule has 0 atom stereocenters. The summed E-state index contributed by atoms with van der Waals surface area (Å²) in [5.41, 5.74) is 0.534. The molecule has 2 N–H and O–H groups in total. The van der Waals surface area contributed by atoms with Gasteiger partial charge in [0.15, 0.2) is 0 Å². The number of aromatic nitrogens is 1. The summed E-state index contributed by atoms with van der Waals surface area (Å²) in [4.78, 5) is 16.2. The molecule has 1 aromatic heterocycles. The molecule has 19 heavy (non-hydrogen) atoms. The number of halogens is 1. The summed E-state index contributed by atoms with van der Waals surface area (Å²) in [6.07, 6.45) is 3.48. The normalized spacial score (nSPS) is 10.3. The van der Waals surface area contributed by atoms with Crippen LogP contribution in [0, 0.1) is 0 Å². The summed E-state index contributed by atoms with van der Waals surface area (Å²) in [6, 6.07) is 1.75. The van der Waals surface area contributed by atoms with E-state index in [-0.39, 0.29) is 5.91 Å². The topological polar surface area (TPSA) is 63.2 Å². The molecule has 0 spiro atoms. The van der Waals surface area contributed by atoms with Crippen LogP contribution < -0.4 is 10.6 Å². The maximum atomic E-state index is 12.0. The number of ether oxygens (including phenoxy) is 1. The van der Waals surface area contributed by atoms with E-state index in [9.17, 15) is 4.79 Å². The van der Waals surface area contributed by atoms with Crippen LogP contribution in [0.1, 0.15) is 30.1 Å². The van der Waals surface area contributed by atoms with Gasteiger partial charge in [0.05, 0.1) is 5.56 Å². The fourth-order valence-electron chi connectivity index (χ4n) is 1.53. The van der Waals surface area contributed by atoms with Crippen LogP contribution in [-0.4, -0.2) is 37.7 Å².